The number of methoxy groups -OCH3 is 2. The van der Waals surface area contributed by atoms with Crippen LogP contribution in [-0.4, -0.2) is 33.4 Å². The molecule has 0 radical (unpaired) electrons. The van der Waals surface area contributed by atoms with E-state index in [9.17, 15) is 0 Å². The van der Waals surface area contributed by atoms with Gasteiger partial charge in [-0.2, -0.15) is 5.26 Å². The maximum atomic E-state index is 8.99. The van der Waals surface area contributed by atoms with Crippen LogP contribution in [0.5, 0.6) is 11.5 Å². The highest BCUT2D eigenvalue weighted by atomic mass is 16.5. The van der Waals surface area contributed by atoms with Gasteiger partial charge in [0.25, 0.3) is 0 Å². The minimum absolute atomic E-state index is 0.419. The highest BCUT2D eigenvalue weighted by Gasteiger charge is 2.23. The zero-order valence-corrected chi connectivity index (χ0v) is 14.7. The molecule has 1 heterocycles. The fraction of sp³-hybridized carbons (Fsp3) is 0.350. The Morgan fingerprint density at radius 1 is 1.16 bits per heavy atom. The molecule has 0 bridgehead atoms. The van der Waals surface area contributed by atoms with Crippen LogP contribution in [0.4, 0.5) is 5.69 Å². The molecule has 1 N–H and O–H groups in total. The minimum atomic E-state index is 0.419. The van der Waals surface area contributed by atoms with Crippen molar-refractivity contribution < 1.29 is 9.47 Å². The average molecular weight is 337 g/mol. The summed E-state index contributed by atoms with van der Waals surface area (Å²) in [5, 5.41) is 12.6. The van der Waals surface area contributed by atoms with Crippen LogP contribution in [0.25, 0.3) is 0 Å². The van der Waals surface area contributed by atoms with Crippen molar-refractivity contribution in [2.24, 2.45) is 0 Å². The maximum Gasteiger partial charge on any atom is 0.124 e. The Bertz CT molecular complexity index is 748. The smallest absolute Gasteiger partial charge is 0.124 e. The van der Waals surface area contributed by atoms with Crippen molar-refractivity contribution in [3.63, 3.8) is 0 Å². The van der Waals surface area contributed by atoms with E-state index in [0.29, 0.717) is 11.6 Å². The zero-order chi connectivity index (χ0) is 17.6. The van der Waals surface area contributed by atoms with Crippen molar-refractivity contribution in [1.29, 1.82) is 5.26 Å². The van der Waals surface area contributed by atoms with Crippen molar-refractivity contribution in [1.82, 2.24) is 5.32 Å². The number of hydrogen-bond donors (Lipinski definition) is 1. The van der Waals surface area contributed by atoms with Gasteiger partial charge in [-0.05, 0) is 24.1 Å². The van der Waals surface area contributed by atoms with Crippen molar-refractivity contribution in [3.8, 4) is 17.6 Å². The van der Waals surface area contributed by atoms with Gasteiger partial charge in [0.1, 0.15) is 11.5 Å². The lowest BCUT2D eigenvalue weighted by atomic mass is 10.1. The lowest BCUT2D eigenvalue weighted by molar-refractivity contribution is 0.394. The summed E-state index contributed by atoms with van der Waals surface area (Å²) in [7, 11) is 3.34. The first-order valence-electron chi connectivity index (χ1n) is 8.42. The lowest BCUT2D eigenvalue weighted by Crippen LogP contribution is -2.32. The molecule has 5 nitrogen and oxygen atoms in total. The molecule has 0 aliphatic carbocycles. The molecule has 1 atom stereocenters. The minimum Gasteiger partial charge on any atom is -0.497 e. The summed E-state index contributed by atoms with van der Waals surface area (Å²) >= 11 is 0. The van der Waals surface area contributed by atoms with Crippen LogP contribution in [-0.2, 0) is 6.54 Å². The summed E-state index contributed by atoms with van der Waals surface area (Å²) in [6.07, 6.45) is 1.08. The molecule has 0 spiro atoms. The van der Waals surface area contributed by atoms with Crippen LogP contribution < -0.4 is 19.7 Å². The van der Waals surface area contributed by atoms with Crippen LogP contribution in [0.15, 0.2) is 42.5 Å². The first-order chi connectivity index (χ1) is 12.2. The fourth-order valence-electron chi connectivity index (χ4n) is 3.15. The molecule has 130 valence electrons. The molecule has 0 saturated carbocycles. The Kier molecular flexibility index (Phi) is 5.42. The summed E-state index contributed by atoms with van der Waals surface area (Å²) < 4.78 is 10.7. The molecule has 25 heavy (non-hydrogen) atoms. The van der Waals surface area contributed by atoms with Crippen molar-refractivity contribution >= 4 is 5.69 Å². The topological polar surface area (TPSA) is 57.5 Å². The summed E-state index contributed by atoms with van der Waals surface area (Å²) in [4.78, 5) is 2.34. The van der Waals surface area contributed by atoms with E-state index in [1.54, 1.807) is 14.2 Å². The van der Waals surface area contributed by atoms with Crippen LogP contribution in [0.2, 0.25) is 0 Å². The first-order valence-corrected chi connectivity index (χ1v) is 8.42. The Morgan fingerprint density at radius 2 is 1.92 bits per heavy atom. The normalized spacial score (nSPS) is 16.5. The number of rotatable bonds is 6. The van der Waals surface area contributed by atoms with E-state index in [-0.39, 0.29) is 0 Å². The number of nitriles is 1. The van der Waals surface area contributed by atoms with Gasteiger partial charge in [-0.25, -0.2) is 0 Å². The quantitative estimate of drug-likeness (QED) is 0.878. The van der Waals surface area contributed by atoms with Gasteiger partial charge < -0.3 is 19.7 Å². The number of benzene rings is 2. The summed E-state index contributed by atoms with van der Waals surface area (Å²) in [5.74, 6) is 1.61. The second kappa shape index (κ2) is 7.91. The molecule has 5 heteroatoms. The lowest BCUT2D eigenvalue weighted by Gasteiger charge is -2.20. The van der Waals surface area contributed by atoms with E-state index in [2.05, 4.69) is 16.3 Å². The SMILES string of the molecule is COc1cc(OC)cc(N2CC[C@@H](NCc3cccc(C#N)c3)C2)c1. The highest BCUT2D eigenvalue weighted by Crippen LogP contribution is 2.30. The molecule has 1 fully saturated rings. The molecule has 3 rings (SSSR count). The zero-order valence-electron chi connectivity index (χ0n) is 14.7. The number of nitrogens with one attached hydrogen (secondary N) is 1. The molecule has 1 aliphatic heterocycles. The van der Waals surface area contributed by atoms with Gasteiger partial charge in [0.15, 0.2) is 0 Å². The average Bonchev–Trinajstić information content (AvgIpc) is 3.15. The highest BCUT2D eigenvalue weighted by molar-refractivity contribution is 5.56. The standard InChI is InChI=1S/C20H23N3O2/c1-24-19-9-18(10-20(11-19)25-2)23-7-6-17(14-23)22-13-16-5-3-4-15(8-16)12-21/h3-5,8-11,17,22H,6-7,13-14H2,1-2H3/t17-/m1/s1. The predicted molar refractivity (Wildman–Crippen MR) is 98.2 cm³/mol. The Morgan fingerprint density at radius 3 is 2.60 bits per heavy atom. The van der Waals surface area contributed by atoms with Crippen LogP contribution >= 0.6 is 0 Å². The van der Waals surface area contributed by atoms with Crippen molar-refractivity contribution in [2.45, 2.75) is 19.0 Å². The maximum absolute atomic E-state index is 8.99. The molecule has 1 aliphatic rings. The van der Waals surface area contributed by atoms with E-state index < -0.39 is 0 Å². The van der Waals surface area contributed by atoms with Gasteiger partial charge >= 0.3 is 0 Å². The Labute approximate surface area is 148 Å². The van der Waals surface area contributed by atoms with E-state index in [0.717, 1.165) is 48.8 Å². The predicted octanol–water partition coefficient (Wildman–Crippen LogP) is 2.94. The van der Waals surface area contributed by atoms with E-state index in [1.165, 1.54) is 0 Å². The molecular weight excluding hydrogens is 314 g/mol. The van der Waals surface area contributed by atoms with Crippen LogP contribution in [0.3, 0.4) is 0 Å². The van der Waals surface area contributed by atoms with Gasteiger partial charge in [0.05, 0.1) is 25.9 Å². The van der Waals surface area contributed by atoms with Gasteiger partial charge in [-0.15, -0.1) is 0 Å². The van der Waals surface area contributed by atoms with Gasteiger partial charge in [-0.3, -0.25) is 0 Å². The molecule has 0 unspecified atom stereocenters. The molecule has 2 aromatic rings. The van der Waals surface area contributed by atoms with Gasteiger partial charge in [0.2, 0.25) is 0 Å². The fourth-order valence-corrected chi connectivity index (χ4v) is 3.15. The number of ether oxygens (including phenoxy) is 2. The first kappa shape index (κ1) is 17.1. The van der Waals surface area contributed by atoms with Gasteiger partial charge in [0, 0.05) is 49.6 Å². The third-order valence-electron chi connectivity index (χ3n) is 4.54. The summed E-state index contributed by atoms with van der Waals surface area (Å²) in [6.45, 7) is 2.70. The largest absolute Gasteiger partial charge is 0.497 e. The summed E-state index contributed by atoms with van der Waals surface area (Å²) in [6, 6.07) is 16.3. The van der Waals surface area contributed by atoms with Crippen LogP contribution in [0.1, 0.15) is 17.5 Å². The summed E-state index contributed by atoms with van der Waals surface area (Å²) in [5.41, 5.74) is 2.96. The third kappa shape index (κ3) is 4.23. The third-order valence-corrected chi connectivity index (χ3v) is 4.54. The molecule has 0 amide bonds. The van der Waals surface area contributed by atoms with Crippen molar-refractivity contribution in [2.75, 3.05) is 32.2 Å². The molecular formula is C20H23N3O2. The van der Waals surface area contributed by atoms with E-state index >= 15 is 0 Å². The van der Waals surface area contributed by atoms with Gasteiger partial charge in [-0.1, -0.05) is 12.1 Å². The van der Waals surface area contributed by atoms with Crippen molar-refractivity contribution in [3.05, 3.63) is 53.6 Å². The Hall–Kier alpha value is -2.71. The van der Waals surface area contributed by atoms with Crippen LogP contribution in [0, 0.1) is 11.3 Å². The Balaban J connectivity index is 1.61. The molecule has 1 saturated heterocycles. The second-order valence-corrected chi connectivity index (χ2v) is 6.20. The number of anilines is 1. The molecule has 0 aromatic heterocycles. The van der Waals surface area contributed by atoms with E-state index in [4.69, 9.17) is 14.7 Å². The number of nitrogens with zero attached hydrogens (tertiary/aromatic N) is 2. The molecule has 2 aromatic carbocycles. The number of hydrogen-bond acceptors (Lipinski definition) is 5. The monoisotopic (exact) mass is 337 g/mol. The van der Waals surface area contributed by atoms with E-state index in [1.807, 2.05) is 42.5 Å². The second-order valence-electron chi connectivity index (χ2n) is 6.20.